The molecule has 1 saturated carbocycles. The Bertz CT molecular complexity index is 5730. The lowest BCUT2D eigenvalue weighted by molar-refractivity contribution is -0.119. The fourth-order valence-corrected chi connectivity index (χ4v) is 15.1. The van der Waals surface area contributed by atoms with E-state index < -0.39 is 0 Å². The molecule has 0 aliphatic heterocycles. The molecule has 17 rings (SSSR count). The first-order chi connectivity index (χ1) is 55.9. The van der Waals surface area contributed by atoms with Crippen LogP contribution >= 0.6 is 0 Å². The van der Waals surface area contributed by atoms with Gasteiger partial charge in [-0.25, -0.2) is 57.4 Å². The summed E-state index contributed by atoms with van der Waals surface area (Å²) in [6.45, 7) is 9.20. The van der Waals surface area contributed by atoms with Crippen molar-refractivity contribution in [2.75, 3.05) is 21.3 Å². The largest absolute Gasteiger partial charge is 0.508 e. The molecular weight excluding hydrogens is 1480 g/mol. The third kappa shape index (κ3) is 18.6. The van der Waals surface area contributed by atoms with E-state index in [1.54, 1.807) is 140 Å². The fraction of sp³-hybridized carbons (Fsp3) is 0.261. The van der Waals surface area contributed by atoms with E-state index in [4.69, 9.17) is 34.9 Å². The van der Waals surface area contributed by atoms with Crippen molar-refractivity contribution in [3.63, 3.8) is 0 Å². The number of halogens is 4. The number of phenolic OH excluding ortho intramolecular Hbond substituents is 4. The molecule has 0 spiro atoms. The standard InChI is InChI=1S/C26H26FN3O2.2C23H22FN3O2.C20H16FN3O2/c27-19-9-12-21-18(15-19)8-13-22-25(21)30-24(17-6-10-20(31)11-7-17)26(28-22)29-23(32)14-16-4-2-1-3-5-16;1-13(2)11-20(29)26-23-21(14-3-7-17(28)8-4-14)27-22-18-9-6-16(24)12-15(18)5-10-19(22)25-23;1-3-13(2)23(29)27-22-20(14-4-8-17(28)9-5-14)26-21-18-10-7-16(24)12-15(18)6-11-19(21)25-22;1-11(25)22-20-18(12-2-6-15(26)7-3-12)24-19-16-8-5-14(21)10-13(16)4-9-17(19)23-20/h6-7,9-12,15-16,31H,1-5,8,13-14H2,(H,28,29,32);3-4,6-9,12-13,28H,5,10-11H2,1-2H3,(H,25,26,29);4-5,7-10,12-13,28H,3,6,11H2,1-2H3,(H,25,27,29);2-3,5-8,10,26H,4,9H2,1H3,(H,22,23,25). The number of carbonyl (C=O) groups is 4. The fourth-order valence-electron chi connectivity index (χ4n) is 15.1. The van der Waals surface area contributed by atoms with Crippen molar-refractivity contribution in [1.29, 1.82) is 0 Å². The van der Waals surface area contributed by atoms with Gasteiger partial charge in [-0.05, 0) is 275 Å². The Morgan fingerprint density at radius 2 is 0.664 bits per heavy atom. The molecule has 20 nitrogen and oxygen atoms in total. The SMILES string of the molecule is CC(=O)Nc1nc2c(nc1-c1ccc(O)cc1)-c1ccc(F)cc1CC2.CC(C)CC(=O)Nc1nc2c(nc1-c1ccc(O)cc1)-c1ccc(F)cc1CC2.CCC(C)C(=O)Nc1nc2c(nc1-c1ccc(O)cc1)-c1ccc(F)cc1CC2.O=C(CC1CCCCC1)Nc1nc2c(nc1-c1ccc(O)cc1)-c1ccc(F)cc1CC2. The highest BCUT2D eigenvalue weighted by atomic mass is 19.1. The van der Waals surface area contributed by atoms with Gasteiger partial charge < -0.3 is 41.7 Å². The van der Waals surface area contributed by atoms with Gasteiger partial charge in [0, 0.05) is 70.2 Å². The molecule has 4 amide bonds. The van der Waals surface area contributed by atoms with Gasteiger partial charge in [0.1, 0.15) is 69.0 Å². The van der Waals surface area contributed by atoms with E-state index >= 15 is 0 Å². The summed E-state index contributed by atoms with van der Waals surface area (Å²) in [5, 5.41) is 50.1. The lowest BCUT2D eigenvalue weighted by Gasteiger charge is -2.23. The van der Waals surface area contributed by atoms with Crippen LogP contribution in [0, 0.1) is 41.0 Å². The minimum absolute atomic E-state index is 0.0375. The van der Waals surface area contributed by atoms with Gasteiger partial charge in [-0.3, -0.25) is 19.2 Å². The molecule has 12 aromatic rings. The number of hydrogen-bond acceptors (Lipinski definition) is 16. The lowest BCUT2D eigenvalue weighted by Crippen LogP contribution is -2.22. The second kappa shape index (κ2) is 35.1. The molecule has 8 aromatic carbocycles. The molecule has 24 heteroatoms. The Labute approximate surface area is 668 Å². The normalized spacial score (nSPS) is 13.5. The zero-order chi connectivity index (χ0) is 81.4. The first-order valence-electron chi connectivity index (χ1n) is 39.1. The number of fused-ring (bicyclic) bond motifs is 12. The van der Waals surface area contributed by atoms with Gasteiger partial charge in [0.15, 0.2) is 23.3 Å². The number of aromatic nitrogens is 8. The summed E-state index contributed by atoms with van der Waals surface area (Å²) >= 11 is 0. The Hall–Kier alpha value is -13.1. The maximum atomic E-state index is 13.7. The summed E-state index contributed by atoms with van der Waals surface area (Å²) in [6.07, 6.45) is 12.7. The molecule has 1 fully saturated rings. The molecule has 5 aliphatic rings. The van der Waals surface area contributed by atoms with Crippen molar-refractivity contribution in [1.82, 2.24) is 39.9 Å². The number of aromatic hydroxyl groups is 4. The number of amides is 4. The summed E-state index contributed by atoms with van der Waals surface area (Å²) in [5.74, 6) is 1.16. The zero-order valence-electron chi connectivity index (χ0n) is 64.7. The van der Waals surface area contributed by atoms with Crippen LogP contribution < -0.4 is 21.3 Å². The quantitative estimate of drug-likeness (QED) is 0.0469. The molecule has 590 valence electrons. The van der Waals surface area contributed by atoms with Crippen LogP contribution in [0.1, 0.15) is 131 Å². The molecule has 0 bridgehead atoms. The first kappa shape index (κ1) is 79.5. The highest BCUT2D eigenvalue weighted by molar-refractivity contribution is 5.97. The summed E-state index contributed by atoms with van der Waals surface area (Å²) in [7, 11) is 0. The minimum atomic E-state index is -0.270. The van der Waals surface area contributed by atoms with E-state index in [0.717, 1.165) is 114 Å². The van der Waals surface area contributed by atoms with Crippen LogP contribution in [-0.2, 0) is 70.5 Å². The molecule has 0 saturated heterocycles. The van der Waals surface area contributed by atoms with Gasteiger partial charge in [0.05, 0.1) is 45.6 Å². The van der Waals surface area contributed by atoms with Crippen molar-refractivity contribution in [2.24, 2.45) is 17.8 Å². The maximum Gasteiger partial charge on any atom is 0.228 e. The molecule has 8 N–H and O–H groups in total. The molecule has 4 heterocycles. The summed E-state index contributed by atoms with van der Waals surface area (Å²) in [4.78, 5) is 87.6. The van der Waals surface area contributed by atoms with E-state index in [-0.39, 0.29) is 81.7 Å². The van der Waals surface area contributed by atoms with Crippen LogP contribution in [-0.4, -0.2) is 83.9 Å². The number of nitrogens with zero attached hydrogens (tertiary/aromatic N) is 8. The van der Waals surface area contributed by atoms with Crippen molar-refractivity contribution in [3.8, 4) is 113 Å². The molecule has 5 aliphatic carbocycles. The summed E-state index contributed by atoms with van der Waals surface area (Å²) in [6, 6.07) is 45.3. The number of hydrogen-bond donors (Lipinski definition) is 8. The van der Waals surface area contributed by atoms with Crippen LogP contribution in [0.3, 0.4) is 0 Å². The van der Waals surface area contributed by atoms with Gasteiger partial charge in [-0.2, -0.15) is 0 Å². The van der Waals surface area contributed by atoms with Gasteiger partial charge in [0.25, 0.3) is 0 Å². The van der Waals surface area contributed by atoms with Crippen LogP contribution in [0.15, 0.2) is 170 Å². The van der Waals surface area contributed by atoms with E-state index in [0.29, 0.717) is 133 Å². The molecule has 1 unspecified atom stereocenters. The highest BCUT2D eigenvalue weighted by Gasteiger charge is 2.30. The zero-order valence-corrected chi connectivity index (χ0v) is 64.7. The second-order valence-corrected chi connectivity index (χ2v) is 30.1. The Morgan fingerprint density at radius 3 is 0.957 bits per heavy atom. The van der Waals surface area contributed by atoms with Gasteiger partial charge in [-0.1, -0.05) is 47.0 Å². The first-order valence-corrected chi connectivity index (χ1v) is 39.1. The van der Waals surface area contributed by atoms with Crippen molar-refractivity contribution in [2.45, 2.75) is 137 Å². The van der Waals surface area contributed by atoms with Crippen LogP contribution in [0.25, 0.3) is 90.1 Å². The van der Waals surface area contributed by atoms with Crippen LogP contribution in [0.2, 0.25) is 0 Å². The third-order valence-corrected chi connectivity index (χ3v) is 21.2. The Morgan fingerprint density at radius 1 is 0.371 bits per heavy atom. The van der Waals surface area contributed by atoms with E-state index in [1.807, 2.05) is 27.7 Å². The number of anilines is 4. The highest BCUT2D eigenvalue weighted by Crippen LogP contribution is 2.43. The smallest absolute Gasteiger partial charge is 0.228 e. The number of nitrogens with one attached hydrogen (secondary N) is 4. The van der Waals surface area contributed by atoms with Crippen LogP contribution in [0.5, 0.6) is 23.0 Å². The Balaban J connectivity index is 0.000000128. The predicted octanol–water partition coefficient (Wildman–Crippen LogP) is 18.9. The third-order valence-electron chi connectivity index (χ3n) is 21.2. The van der Waals surface area contributed by atoms with Gasteiger partial charge in [-0.15, -0.1) is 0 Å². The number of benzene rings is 8. The van der Waals surface area contributed by atoms with E-state index in [1.165, 1.54) is 56.5 Å². The topological polar surface area (TPSA) is 300 Å². The van der Waals surface area contributed by atoms with E-state index in [9.17, 15) is 57.2 Å². The molecule has 116 heavy (non-hydrogen) atoms. The van der Waals surface area contributed by atoms with Crippen molar-refractivity contribution < 1.29 is 57.2 Å². The summed E-state index contributed by atoms with van der Waals surface area (Å²) in [5.41, 5.74) is 18.1. The van der Waals surface area contributed by atoms with Gasteiger partial charge >= 0.3 is 0 Å². The predicted molar refractivity (Wildman–Crippen MR) is 438 cm³/mol. The number of phenols is 4. The maximum absolute atomic E-state index is 13.7. The molecular formula is C92H86F4N12O8. The average Bonchev–Trinajstić information content (AvgIpc) is 0.780. The molecule has 0 radical (unpaired) electrons. The van der Waals surface area contributed by atoms with Crippen molar-refractivity contribution >= 4 is 46.9 Å². The van der Waals surface area contributed by atoms with Crippen molar-refractivity contribution in [3.05, 3.63) is 238 Å². The summed E-state index contributed by atoms with van der Waals surface area (Å²) < 4.78 is 54.6. The average molecular weight is 1560 g/mol. The van der Waals surface area contributed by atoms with Crippen LogP contribution in [0.4, 0.5) is 40.8 Å². The second-order valence-electron chi connectivity index (χ2n) is 30.1. The van der Waals surface area contributed by atoms with Gasteiger partial charge in [0.2, 0.25) is 23.6 Å². The number of carbonyl (C=O) groups excluding carboxylic acids is 4. The Kier molecular flexibility index (Phi) is 24.1. The minimum Gasteiger partial charge on any atom is -0.508 e. The molecule has 4 aromatic heterocycles. The molecule has 1 atom stereocenters. The monoisotopic (exact) mass is 1560 g/mol. The lowest BCUT2D eigenvalue weighted by atomic mass is 9.87. The number of rotatable bonds is 14. The number of aryl methyl sites for hydroxylation is 8. The van der Waals surface area contributed by atoms with E-state index in [2.05, 4.69) is 26.3 Å².